The maximum atomic E-state index is 12.0. The number of nitrogens with one attached hydrogen (secondary N) is 2. The standard InChI is InChI=1S/C17H27N3O/c1-11(2)19-17(21)13-5-7-14(8-6-13)20-16-10-12(3)4-9-15(16)18/h4,9-11,13-14,20H,5-8,18H2,1-3H3,(H,19,21). The van der Waals surface area contributed by atoms with Crippen molar-refractivity contribution in [2.24, 2.45) is 5.92 Å². The third-order valence-electron chi connectivity index (χ3n) is 4.10. The van der Waals surface area contributed by atoms with E-state index in [1.165, 1.54) is 5.56 Å². The van der Waals surface area contributed by atoms with Crippen LogP contribution < -0.4 is 16.4 Å². The largest absolute Gasteiger partial charge is 0.397 e. The summed E-state index contributed by atoms with van der Waals surface area (Å²) in [6.45, 7) is 6.08. The number of anilines is 2. The molecule has 116 valence electrons. The molecule has 1 aromatic rings. The number of aryl methyl sites for hydroxylation is 1. The van der Waals surface area contributed by atoms with Crippen LogP contribution in [0, 0.1) is 12.8 Å². The van der Waals surface area contributed by atoms with Gasteiger partial charge in [0.25, 0.3) is 0 Å². The zero-order valence-electron chi connectivity index (χ0n) is 13.3. The summed E-state index contributed by atoms with van der Waals surface area (Å²) in [6, 6.07) is 6.69. The molecule has 0 aromatic heterocycles. The van der Waals surface area contributed by atoms with Gasteiger partial charge in [0.1, 0.15) is 0 Å². The molecule has 0 unspecified atom stereocenters. The SMILES string of the molecule is Cc1ccc(N)c(NC2CCC(C(=O)NC(C)C)CC2)c1. The summed E-state index contributed by atoms with van der Waals surface area (Å²) in [5, 5.41) is 6.55. The van der Waals surface area contributed by atoms with Crippen molar-refractivity contribution >= 4 is 17.3 Å². The normalized spacial score (nSPS) is 22.1. The van der Waals surface area contributed by atoms with Crippen LogP contribution in [0.2, 0.25) is 0 Å². The van der Waals surface area contributed by atoms with Crippen molar-refractivity contribution in [2.45, 2.75) is 58.5 Å². The van der Waals surface area contributed by atoms with Crippen LogP contribution in [0.15, 0.2) is 18.2 Å². The van der Waals surface area contributed by atoms with E-state index in [0.29, 0.717) is 6.04 Å². The van der Waals surface area contributed by atoms with Crippen molar-refractivity contribution in [3.8, 4) is 0 Å². The number of hydrogen-bond donors (Lipinski definition) is 3. The van der Waals surface area contributed by atoms with Gasteiger partial charge in [0, 0.05) is 18.0 Å². The summed E-state index contributed by atoms with van der Waals surface area (Å²) in [4.78, 5) is 12.0. The zero-order chi connectivity index (χ0) is 15.4. The van der Waals surface area contributed by atoms with Crippen LogP contribution in [0.4, 0.5) is 11.4 Å². The van der Waals surface area contributed by atoms with Gasteiger partial charge in [-0.1, -0.05) is 6.07 Å². The maximum Gasteiger partial charge on any atom is 0.223 e. The first-order valence-corrected chi connectivity index (χ1v) is 7.88. The quantitative estimate of drug-likeness (QED) is 0.746. The first kappa shape index (κ1) is 15.7. The average Bonchev–Trinajstić information content (AvgIpc) is 2.43. The molecule has 0 spiro atoms. The molecule has 0 aliphatic heterocycles. The minimum absolute atomic E-state index is 0.167. The lowest BCUT2D eigenvalue weighted by molar-refractivity contribution is -0.126. The number of hydrogen-bond acceptors (Lipinski definition) is 3. The predicted octanol–water partition coefficient (Wildman–Crippen LogP) is 3.07. The smallest absolute Gasteiger partial charge is 0.223 e. The first-order valence-electron chi connectivity index (χ1n) is 7.88. The molecule has 0 bridgehead atoms. The van der Waals surface area contributed by atoms with Gasteiger partial charge in [-0.25, -0.2) is 0 Å². The molecule has 0 saturated heterocycles. The fraction of sp³-hybridized carbons (Fsp3) is 0.588. The van der Waals surface area contributed by atoms with Crippen LogP contribution in [0.3, 0.4) is 0 Å². The maximum absolute atomic E-state index is 12.0. The van der Waals surface area contributed by atoms with Gasteiger partial charge < -0.3 is 16.4 Å². The highest BCUT2D eigenvalue weighted by molar-refractivity contribution is 5.79. The fourth-order valence-corrected chi connectivity index (χ4v) is 2.92. The number of benzene rings is 1. The third kappa shape index (κ3) is 4.38. The van der Waals surface area contributed by atoms with Gasteiger partial charge >= 0.3 is 0 Å². The Kier molecular flexibility index (Phi) is 5.10. The summed E-state index contributed by atoms with van der Waals surface area (Å²) >= 11 is 0. The predicted molar refractivity (Wildman–Crippen MR) is 88.2 cm³/mol. The second kappa shape index (κ2) is 6.83. The Bertz CT molecular complexity index is 491. The highest BCUT2D eigenvalue weighted by Crippen LogP contribution is 2.29. The highest BCUT2D eigenvalue weighted by Gasteiger charge is 2.26. The molecule has 4 N–H and O–H groups in total. The van der Waals surface area contributed by atoms with Crippen LogP contribution in [-0.4, -0.2) is 18.0 Å². The Morgan fingerprint density at radius 2 is 1.90 bits per heavy atom. The van der Waals surface area contributed by atoms with E-state index >= 15 is 0 Å². The molecule has 1 amide bonds. The van der Waals surface area contributed by atoms with Gasteiger partial charge in [0.2, 0.25) is 5.91 Å². The Labute approximate surface area is 127 Å². The van der Waals surface area contributed by atoms with E-state index < -0.39 is 0 Å². The van der Waals surface area contributed by atoms with E-state index in [4.69, 9.17) is 5.73 Å². The monoisotopic (exact) mass is 289 g/mol. The van der Waals surface area contributed by atoms with E-state index in [9.17, 15) is 4.79 Å². The molecule has 1 fully saturated rings. The zero-order valence-corrected chi connectivity index (χ0v) is 13.3. The van der Waals surface area contributed by atoms with E-state index in [-0.39, 0.29) is 17.9 Å². The summed E-state index contributed by atoms with van der Waals surface area (Å²) in [7, 11) is 0. The molecule has 0 atom stereocenters. The van der Waals surface area contributed by atoms with Crippen molar-refractivity contribution in [3.63, 3.8) is 0 Å². The van der Waals surface area contributed by atoms with Crippen molar-refractivity contribution in [2.75, 3.05) is 11.1 Å². The molecule has 0 heterocycles. The Balaban J connectivity index is 1.87. The molecule has 1 saturated carbocycles. The molecule has 1 aliphatic rings. The van der Waals surface area contributed by atoms with Crippen molar-refractivity contribution in [1.29, 1.82) is 0 Å². The molecule has 21 heavy (non-hydrogen) atoms. The van der Waals surface area contributed by atoms with Crippen LogP contribution in [-0.2, 0) is 4.79 Å². The molecular weight excluding hydrogens is 262 g/mol. The number of amides is 1. The molecule has 4 nitrogen and oxygen atoms in total. The number of nitrogen functional groups attached to an aromatic ring is 1. The van der Waals surface area contributed by atoms with Crippen molar-refractivity contribution < 1.29 is 4.79 Å². The van der Waals surface area contributed by atoms with Gasteiger partial charge in [-0.05, 0) is 64.2 Å². The first-order chi connectivity index (χ1) is 9.95. The van der Waals surface area contributed by atoms with Gasteiger partial charge in [-0.3, -0.25) is 4.79 Å². The van der Waals surface area contributed by atoms with Crippen molar-refractivity contribution in [1.82, 2.24) is 5.32 Å². The minimum Gasteiger partial charge on any atom is -0.397 e. The van der Waals surface area contributed by atoms with Gasteiger partial charge in [0.05, 0.1) is 11.4 Å². The third-order valence-corrected chi connectivity index (χ3v) is 4.10. The molecular formula is C17H27N3O. The van der Waals surface area contributed by atoms with E-state index in [1.807, 2.05) is 26.0 Å². The van der Waals surface area contributed by atoms with Crippen LogP contribution in [0.25, 0.3) is 0 Å². The van der Waals surface area contributed by atoms with Crippen LogP contribution >= 0.6 is 0 Å². The number of carbonyl (C=O) groups excluding carboxylic acids is 1. The summed E-state index contributed by atoms with van der Waals surface area (Å²) in [6.07, 6.45) is 3.93. The Hall–Kier alpha value is -1.71. The Morgan fingerprint density at radius 1 is 1.24 bits per heavy atom. The van der Waals surface area contributed by atoms with Crippen molar-refractivity contribution in [3.05, 3.63) is 23.8 Å². The van der Waals surface area contributed by atoms with Crippen LogP contribution in [0.1, 0.15) is 45.1 Å². The molecule has 1 aliphatic carbocycles. The van der Waals surface area contributed by atoms with Gasteiger partial charge in [0.15, 0.2) is 0 Å². The molecule has 1 aromatic carbocycles. The average molecular weight is 289 g/mol. The summed E-state index contributed by atoms with van der Waals surface area (Å²) in [5.41, 5.74) is 9.03. The number of rotatable bonds is 4. The lowest BCUT2D eigenvalue weighted by atomic mass is 9.85. The second-order valence-electron chi connectivity index (χ2n) is 6.45. The summed E-state index contributed by atoms with van der Waals surface area (Å²) in [5.74, 6) is 0.374. The van der Waals surface area contributed by atoms with Gasteiger partial charge in [-0.2, -0.15) is 0 Å². The second-order valence-corrected chi connectivity index (χ2v) is 6.45. The topological polar surface area (TPSA) is 67.1 Å². The lowest BCUT2D eigenvalue weighted by Crippen LogP contribution is -2.38. The van der Waals surface area contributed by atoms with E-state index in [0.717, 1.165) is 37.1 Å². The molecule has 0 radical (unpaired) electrons. The van der Waals surface area contributed by atoms with Crippen LogP contribution in [0.5, 0.6) is 0 Å². The lowest BCUT2D eigenvalue weighted by Gasteiger charge is -2.30. The number of nitrogens with two attached hydrogens (primary N) is 1. The highest BCUT2D eigenvalue weighted by atomic mass is 16.1. The number of carbonyl (C=O) groups is 1. The fourth-order valence-electron chi connectivity index (χ4n) is 2.92. The minimum atomic E-state index is 0.167. The summed E-state index contributed by atoms with van der Waals surface area (Å²) < 4.78 is 0. The van der Waals surface area contributed by atoms with E-state index in [1.54, 1.807) is 0 Å². The van der Waals surface area contributed by atoms with Gasteiger partial charge in [-0.15, -0.1) is 0 Å². The Morgan fingerprint density at radius 3 is 2.52 bits per heavy atom. The molecule has 2 rings (SSSR count). The molecule has 4 heteroatoms. The van der Waals surface area contributed by atoms with E-state index in [2.05, 4.69) is 23.6 Å².